The number of non-ortho nitro benzene ring substituents is 1. The Bertz CT molecular complexity index is 588. The molecule has 1 aromatic rings. The molecule has 0 bridgehead atoms. The quantitative estimate of drug-likeness (QED) is 0.651. The standard InChI is InChI=1S/C14H16N2O6/c17-13(15-7-2-1-6-12(15)14(18)19)9-22-11-5-3-4-10(8-11)16(20)21/h3-5,8,12H,1-2,6-7,9H2,(H,18,19)/t12-/m1/s1. The molecule has 1 fully saturated rings. The minimum atomic E-state index is -1.02. The lowest BCUT2D eigenvalue weighted by molar-refractivity contribution is -0.384. The van der Waals surface area contributed by atoms with Gasteiger partial charge in [0.2, 0.25) is 0 Å². The van der Waals surface area contributed by atoms with Crippen molar-refractivity contribution in [3.8, 4) is 5.75 Å². The number of amides is 1. The molecule has 118 valence electrons. The van der Waals surface area contributed by atoms with Gasteiger partial charge in [-0.05, 0) is 25.3 Å². The number of nitrogens with zero attached hydrogens (tertiary/aromatic N) is 2. The van der Waals surface area contributed by atoms with Crippen LogP contribution in [0.4, 0.5) is 5.69 Å². The van der Waals surface area contributed by atoms with E-state index in [4.69, 9.17) is 9.84 Å². The second-order valence-electron chi connectivity index (χ2n) is 4.98. The predicted molar refractivity (Wildman–Crippen MR) is 75.6 cm³/mol. The highest BCUT2D eigenvalue weighted by atomic mass is 16.6. The average molecular weight is 308 g/mol. The molecule has 8 heteroatoms. The number of nitro benzene ring substituents is 1. The number of carbonyl (C=O) groups excluding carboxylic acids is 1. The molecule has 1 aliphatic rings. The molecule has 1 aromatic carbocycles. The van der Waals surface area contributed by atoms with Crippen LogP contribution in [0.5, 0.6) is 5.75 Å². The fourth-order valence-electron chi connectivity index (χ4n) is 2.40. The molecule has 0 saturated carbocycles. The molecule has 0 unspecified atom stereocenters. The summed E-state index contributed by atoms with van der Waals surface area (Å²) in [6, 6.07) is 4.68. The number of rotatable bonds is 5. The molecule has 0 radical (unpaired) electrons. The number of carbonyl (C=O) groups is 2. The van der Waals surface area contributed by atoms with Crippen LogP contribution < -0.4 is 4.74 Å². The van der Waals surface area contributed by atoms with Crippen LogP contribution in [0.25, 0.3) is 0 Å². The fraction of sp³-hybridized carbons (Fsp3) is 0.429. The molecular weight excluding hydrogens is 292 g/mol. The number of likely N-dealkylation sites (tertiary alicyclic amines) is 1. The number of hydrogen-bond donors (Lipinski definition) is 1. The first-order valence-electron chi connectivity index (χ1n) is 6.88. The number of benzene rings is 1. The minimum Gasteiger partial charge on any atom is -0.484 e. The third kappa shape index (κ3) is 3.72. The largest absolute Gasteiger partial charge is 0.484 e. The van der Waals surface area contributed by atoms with Crippen LogP contribution in [0, 0.1) is 10.1 Å². The molecule has 1 aliphatic heterocycles. The third-order valence-electron chi connectivity index (χ3n) is 3.50. The van der Waals surface area contributed by atoms with Gasteiger partial charge in [-0.2, -0.15) is 0 Å². The lowest BCUT2D eigenvalue weighted by atomic mass is 10.0. The van der Waals surface area contributed by atoms with Gasteiger partial charge in [0.1, 0.15) is 11.8 Å². The van der Waals surface area contributed by atoms with Gasteiger partial charge in [-0.25, -0.2) is 4.79 Å². The molecule has 2 rings (SSSR count). The smallest absolute Gasteiger partial charge is 0.326 e. The van der Waals surface area contributed by atoms with E-state index in [0.717, 1.165) is 12.8 Å². The Morgan fingerprint density at radius 2 is 2.18 bits per heavy atom. The highest BCUT2D eigenvalue weighted by Gasteiger charge is 2.31. The molecule has 1 heterocycles. The van der Waals surface area contributed by atoms with Gasteiger partial charge in [0, 0.05) is 12.6 Å². The Morgan fingerprint density at radius 3 is 2.86 bits per heavy atom. The number of hydrogen-bond acceptors (Lipinski definition) is 5. The van der Waals surface area contributed by atoms with Crippen molar-refractivity contribution in [2.75, 3.05) is 13.2 Å². The first-order valence-corrected chi connectivity index (χ1v) is 6.88. The molecule has 1 N–H and O–H groups in total. The number of nitro groups is 1. The van der Waals surface area contributed by atoms with Crippen molar-refractivity contribution in [1.82, 2.24) is 4.90 Å². The number of carboxylic acid groups (broad SMARTS) is 1. The van der Waals surface area contributed by atoms with Gasteiger partial charge in [-0.3, -0.25) is 14.9 Å². The zero-order chi connectivity index (χ0) is 16.1. The SMILES string of the molecule is O=C(O)[C@H]1CCCCN1C(=O)COc1cccc([N+](=O)[O-])c1. The average Bonchev–Trinajstić information content (AvgIpc) is 2.52. The van der Waals surface area contributed by atoms with E-state index in [1.165, 1.54) is 29.2 Å². The second kappa shape index (κ2) is 6.88. The van der Waals surface area contributed by atoms with Gasteiger partial charge in [0.05, 0.1) is 11.0 Å². The lowest BCUT2D eigenvalue weighted by Gasteiger charge is -2.32. The Balaban J connectivity index is 1.98. The highest BCUT2D eigenvalue weighted by Crippen LogP contribution is 2.20. The molecule has 1 saturated heterocycles. The van der Waals surface area contributed by atoms with Crippen LogP contribution in [0.2, 0.25) is 0 Å². The van der Waals surface area contributed by atoms with Crippen LogP contribution in [0.3, 0.4) is 0 Å². The Morgan fingerprint density at radius 1 is 1.41 bits per heavy atom. The van der Waals surface area contributed by atoms with E-state index in [1.54, 1.807) is 0 Å². The minimum absolute atomic E-state index is 0.133. The van der Waals surface area contributed by atoms with Crippen LogP contribution in [-0.2, 0) is 9.59 Å². The summed E-state index contributed by atoms with van der Waals surface area (Å²) in [5, 5.41) is 19.8. The van der Waals surface area contributed by atoms with Crippen molar-refractivity contribution < 1.29 is 24.4 Å². The van der Waals surface area contributed by atoms with Gasteiger partial charge in [-0.15, -0.1) is 0 Å². The van der Waals surface area contributed by atoms with Crippen molar-refractivity contribution in [3.05, 3.63) is 34.4 Å². The topological polar surface area (TPSA) is 110 Å². The molecule has 0 spiro atoms. The van der Waals surface area contributed by atoms with Crippen molar-refractivity contribution >= 4 is 17.6 Å². The van der Waals surface area contributed by atoms with E-state index in [-0.39, 0.29) is 18.0 Å². The summed E-state index contributed by atoms with van der Waals surface area (Å²) in [6.07, 6.45) is 1.96. The van der Waals surface area contributed by atoms with E-state index in [9.17, 15) is 19.7 Å². The summed E-state index contributed by atoms with van der Waals surface area (Å²) < 4.78 is 5.25. The fourth-order valence-corrected chi connectivity index (χ4v) is 2.40. The third-order valence-corrected chi connectivity index (χ3v) is 3.50. The summed E-state index contributed by atoms with van der Waals surface area (Å²) in [7, 11) is 0. The summed E-state index contributed by atoms with van der Waals surface area (Å²) in [5.41, 5.74) is -0.133. The number of aliphatic carboxylic acids is 1. The normalized spacial score (nSPS) is 17.8. The van der Waals surface area contributed by atoms with Crippen molar-refractivity contribution in [1.29, 1.82) is 0 Å². The van der Waals surface area contributed by atoms with Crippen molar-refractivity contribution in [2.24, 2.45) is 0 Å². The molecule has 1 atom stereocenters. The summed E-state index contributed by atoms with van der Waals surface area (Å²) >= 11 is 0. The van der Waals surface area contributed by atoms with Crippen LogP contribution in [0.1, 0.15) is 19.3 Å². The van der Waals surface area contributed by atoms with E-state index < -0.39 is 22.8 Å². The number of ether oxygens (including phenoxy) is 1. The lowest BCUT2D eigenvalue weighted by Crippen LogP contribution is -2.49. The monoisotopic (exact) mass is 308 g/mol. The van der Waals surface area contributed by atoms with Crippen LogP contribution >= 0.6 is 0 Å². The van der Waals surface area contributed by atoms with E-state index in [1.807, 2.05) is 0 Å². The molecule has 8 nitrogen and oxygen atoms in total. The van der Waals surface area contributed by atoms with Crippen LogP contribution in [0.15, 0.2) is 24.3 Å². The Kier molecular flexibility index (Phi) is 4.92. The summed E-state index contributed by atoms with van der Waals surface area (Å²) in [4.78, 5) is 34.7. The summed E-state index contributed by atoms with van der Waals surface area (Å²) in [5.74, 6) is -1.26. The first-order chi connectivity index (χ1) is 10.5. The molecule has 0 aromatic heterocycles. The Labute approximate surface area is 126 Å². The van der Waals surface area contributed by atoms with Crippen molar-refractivity contribution in [3.63, 3.8) is 0 Å². The highest BCUT2D eigenvalue weighted by molar-refractivity contribution is 5.84. The number of piperidine rings is 1. The number of carboxylic acids is 1. The zero-order valence-electron chi connectivity index (χ0n) is 11.8. The maximum absolute atomic E-state index is 12.1. The molecular formula is C14H16N2O6. The predicted octanol–water partition coefficient (Wildman–Crippen LogP) is 1.44. The molecule has 22 heavy (non-hydrogen) atoms. The van der Waals surface area contributed by atoms with Gasteiger partial charge in [0.15, 0.2) is 6.61 Å². The maximum atomic E-state index is 12.1. The van der Waals surface area contributed by atoms with Gasteiger partial charge < -0.3 is 14.7 Å². The molecule has 0 aliphatic carbocycles. The summed E-state index contributed by atoms with van der Waals surface area (Å²) in [6.45, 7) is 0.0407. The van der Waals surface area contributed by atoms with E-state index >= 15 is 0 Å². The first kappa shape index (κ1) is 15.7. The molecule has 1 amide bonds. The maximum Gasteiger partial charge on any atom is 0.326 e. The second-order valence-corrected chi connectivity index (χ2v) is 4.98. The van der Waals surface area contributed by atoms with E-state index in [0.29, 0.717) is 13.0 Å². The van der Waals surface area contributed by atoms with Gasteiger partial charge in [0.25, 0.3) is 11.6 Å². The van der Waals surface area contributed by atoms with Crippen molar-refractivity contribution in [2.45, 2.75) is 25.3 Å². The van der Waals surface area contributed by atoms with E-state index in [2.05, 4.69) is 0 Å². The zero-order valence-corrected chi connectivity index (χ0v) is 11.8. The Hall–Kier alpha value is -2.64. The van der Waals surface area contributed by atoms with Crippen LogP contribution in [-0.4, -0.2) is 46.0 Å². The van der Waals surface area contributed by atoms with Gasteiger partial charge >= 0.3 is 5.97 Å². The van der Waals surface area contributed by atoms with Gasteiger partial charge in [-0.1, -0.05) is 6.07 Å².